The number of aryl methyl sites for hydroxylation is 3. The Labute approximate surface area is 128 Å². The van der Waals surface area contributed by atoms with Crippen LogP contribution in [0.1, 0.15) is 55.5 Å². The third-order valence-electron chi connectivity index (χ3n) is 4.70. The molecule has 1 aromatic carbocycles. The number of fused-ring (bicyclic) bond motifs is 3. The minimum atomic E-state index is 1.03. The van der Waals surface area contributed by atoms with Crippen molar-refractivity contribution in [3.05, 3.63) is 34.5 Å². The van der Waals surface area contributed by atoms with E-state index in [0.29, 0.717) is 0 Å². The first-order valence-corrected chi connectivity index (χ1v) is 8.44. The standard InChI is InChI=1S/C19H26N2/c1-4-12-20-18-15(5-2)13(3)21-19-16-9-7-6-8-14(16)10-11-17(18)19/h10-11H,4-9,12H2,1-3H3,(H,20,21). The second kappa shape index (κ2) is 6.05. The molecule has 1 N–H and O–H groups in total. The topological polar surface area (TPSA) is 24.9 Å². The number of anilines is 1. The summed E-state index contributed by atoms with van der Waals surface area (Å²) < 4.78 is 0. The summed E-state index contributed by atoms with van der Waals surface area (Å²) in [5.41, 5.74) is 8.18. The van der Waals surface area contributed by atoms with Gasteiger partial charge in [-0.3, -0.25) is 4.98 Å². The molecule has 2 nitrogen and oxygen atoms in total. The molecule has 1 heterocycles. The molecule has 0 spiro atoms. The van der Waals surface area contributed by atoms with Crippen LogP contribution in [0.5, 0.6) is 0 Å². The van der Waals surface area contributed by atoms with E-state index in [1.54, 1.807) is 0 Å². The van der Waals surface area contributed by atoms with Gasteiger partial charge in [0.15, 0.2) is 0 Å². The molecule has 0 unspecified atom stereocenters. The highest BCUT2D eigenvalue weighted by molar-refractivity contribution is 5.96. The monoisotopic (exact) mass is 282 g/mol. The van der Waals surface area contributed by atoms with Crippen LogP contribution >= 0.6 is 0 Å². The molecule has 0 fully saturated rings. The van der Waals surface area contributed by atoms with Gasteiger partial charge in [-0.2, -0.15) is 0 Å². The number of hydrogen-bond donors (Lipinski definition) is 1. The molecule has 0 aliphatic heterocycles. The summed E-state index contributed by atoms with van der Waals surface area (Å²) in [4.78, 5) is 4.99. The zero-order chi connectivity index (χ0) is 14.8. The fourth-order valence-electron chi connectivity index (χ4n) is 3.60. The predicted molar refractivity (Wildman–Crippen MR) is 91.3 cm³/mol. The van der Waals surface area contributed by atoms with Crippen molar-refractivity contribution in [3.63, 3.8) is 0 Å². The largest absolute Gasteiger partial charge is 0.384 e. The molecule has 3 rings (SSSR count). The van der Waals surface area contributed by atoms with Crippen molar-refractivity contribution in [1.82, 2.24) is 4.98 Å². The number of hydrogen-bond acceptors (Lipinski definition) is 2. The molecule has 1 aliphatic carbocycles. The van der Waals surface area contributed by atoms with Crippen molar-refractivity contribution < 1.29 is 0 Å². The van der Waals surface area contributed by atoms with Crippen molar-refractivity contribution in [2.75, 3.05) is 11.9 Å². The van der Waals surface area contributed by atoms with Gasteiger partial charge in [-0.05, 0) is 62.1 Å². The lowest BCUT2D eigenvalue weighted by atomic mass is 9.88. The summed E-state index contributed by atoms with van der Waals surface area (Å²) in [6.07, 6.45) is 7.23. The van der Waals surface area contributed by atoms with Gasteiger partial charge in [0.25, 0.3) is 0 Å². The molecule has 2 aromatic rings. The quantitative estimate of drug-likeness (QED) is 0.870. The van der Waals surface area contributed by atoms with Crippen LogP contribution in [0, 0.1) is 6.92 Å². The normalized spacial score (nSPS) is 14.2. The second-order valence-electron chi connectivity index (χ2n) is 6.14. The van der Waals surface area contributed by atoms with Crippen molar-refractivity contribution in [3.8, 4) is 0 Å². The number of nitrogens with one attached hydrogen (secondary N) is 1. The Morgan fingerprint density at radius 1 is 1.14 bits per heavy atom. The van der Waals surface area contributed by atoms with Gasteiger partial charge in [-0.15, -0.1) is 0 Å². The SMILES string of the molecule is CCCNc1c(CC)c(C)nc2c3c(ccc12)CCCC3. The van der Waals surface area contributed by atoms with Crippen LogP contribution in [0.2, 0.25) is 0 Å². The lowest BCUT2D eigenvalue weighted by Crippen LogP contribution is -2.09. The van der Waals surface area contributed by atoms with Crippen molar-refractivity contribution in [1.29, 1.82) is 0 Å². The van der Waals surface area contributed by atoms with E-state index < -0.39 is 0 Å². The van der Waals surface area contributed by atoms with Crippen LogP contribution in [0.3, 0.4) is 0 Å². The summed E-state index contributed by atoms with van der Waals surface area (Å²) in [6, 6.07) is 4.63. The molecule has 0 bridgehead atoms. The summed E-state index contributed by atoms with van der Waals surface area (Å²) in [6.45, 7) is 7.64. The molecule has 0 saturated heterocycles. The Kier molecular flexibility index (Phi) is 4.14. The molecule has 2 heteroatoms. The van der Waals surface area contributed by atoms with Gasteiger partial charge >= 0.3 is 0 Å². The van der Waals surface area contributed by atoms with E-state index in [2.05, 4.69) is 38.2 Å². The Hall–Kier alpha value is -1.57. The third kappa shape index (κ3) is 2.52. The smallest absolute Gasteiger partial charge is 0.0760 e. The number of rotatable bonds is 4. The Morgan fingerprint density at radius 3 is 2.71 bits per heavy atom. The molecule has 0 amide bonds. The zero-order valence-electron chi connectivity index (χ0n) is 13.6. The van der Waals surface area contributed by atoms with E-state index in [9.17, 15) is 0 Å². The van der Waals surface area contributed by atoms with Gasteiger partial charge in [-0.1, -0.05) is 26.0 Å². The van der Waals surface area contributed by atoms with Crippen molar-refractivity contribution in [2.24, 2.45) is 0 Å². The fourth-order valence-corrected chi connectivity index (χ4v) is 3.60. The molecule has 0 radical (unpaired) electrons. The van der Waals surface area contributed by atoms with Crippen molar-refractivity contribution >= 4 is 16.6 Å². The molecule has 0 atom stereocenters. The Bertz CT molecular complexity index is 658. The molecular weight excluding hydrogens is 256 g/mol. The van der Waals surface area contributed by atoms with Gasteiger partial charge in [0.05, 0.1) is 5.52 Å². The highest BCUT2D eigenvalue weighted by atomic mass is 14.9. The van der Waals surface area contributed by atoms with E-state index in [4.69, 9.17) is 4.98 Å². The molecule has 0 saturated carbocycles. The van der Waals surface area contributed by atoms with E-state index in [-0.39, 0.29) is 0 Å². The van der Waals surface area contributed by atoms with Crippen LogP contribution in [0.15, 0.2) is 12.1 Å². The number of benzene rings is 1. The van der Waals surface area contributed by atoms with Gasteiger partial charge < -0.3 is 5.32 Å². The minimum Gasteiger partial charge on any atom is -0.384 e. The summed E-state index contributed by atoms with van der Waals surface area (Å²) in [5.74, 6) is 0. The summed E-state index contributed by atoms with van der Waals surface area (Å²) in [5, 5.41) is 4.99. The molecule has 21 heavy (non-hydrogen) atoms. The highest BCUT2D eigenvalue weighted by Crippen LogP contribution is 2.34. The lowest BCUT2D eigenvalue weighted by molar-refractivity contribution is 0.689. The average Bonchev–Trinajstić information content (AvgIpc) is 2.52. The first-order valence-electron chi connectivity index (χ1n) is 8.44. The highest BCUT2D eigenvalue weighted by Gasteiger charge is 2.17. The summed E-state index contributed by atoms with van der Waals surface area (Å²) in [7, 11) is 0. The first kappa shape index (κ1) is 14.4. The second-order valence-corrected chi connectivity index (χ2v) is 6.14. The fraction of sp³-hybridized carbons (Fsp3) is 0.526. The molecule has 1 aromatic heterocycles. The van der Waals surface area contributed by atoms with Crippen LogP contribution in [-0.2, 0) is 19.3 Å². The van der Waals surface area contributed by atoms with Gasteiger partial charge in [-0.25, -0.2) is 0 Å². The Morgan fingerprint density at radius 2 is 1.95 bits per heavy atom. The number of nitrogens with zero attached hydrogens (tertiary/aromatic N) is 1. The summed E-state index contributed by atoms with van der Waals surface area (Å²) >= 11 is 0. The lowest BCUT2D eigenvalue weighted by Gasteiger charge is -2.21. The van der Waals surface area contributed by atoms with E-state index in [0.717, 1.165) is 19.4 Å². The molecule has 112 valence electrons. The van der Waals surface area contributed by atoms with Crippen LogP contribution in [0.25, 0.3) is 10.9 Å². The maximum absolute atomic E-state index is 4.99. The molecule has 1 aliphatic rings. The zero-order valence-corrected chi connectivity index (χ0v) is 13.6. The van der Waals surface area contributed by atoms with Crippen LogP contribution in [0.4, 0.5) is 5.69 Å². The van der Waals surface area contributed by atoms with Crippen molar-refractivity contribution in [2.45, 2.75) is 59.3 Å². The van der Waals surface area contributed by atoms with Crippen LogP contribution in [-0.4, -0.2) is 11.5 Å². The minimum absolute atomic E-state index is 1.03. The third-order valence-corrected chi connectivity index (χ3v) is 4.70. The average molecular weight is 282 g/mol. The van der Waals surface area contributed by atoms with Crippen LogP contribution < -0.4 is 5.32 Å². The van der Waals surface area contributed by atoms with E-state index in [1.807, 2.05) is 0 Å². The molecular formula is C19H26N2. The first-order chi connectivity index (χ1) is 10.3. The van der Waals surface area contributed by atoms with E-state index >= 15 is 0 Å². The Balaban J connectivity index is 2.25. The van der Waals surface area contributed by atoms with E-state index in [1.165, 1.54) is 64.7 Å². The number of pyridine rings is 1. The predicted octanol–water partition coefficient (Wildman–Crippen LogP) is 4.81. The maximum Gasteiger partial charge on any atom is 0.0760 e. The van der Waals surface area contributed by atoms with Gasteiger partial charge in [0, 0.05) is 23.3 Å². The van der Waals surface area contributed by atoms with Gasteiger partial charge in [0.2, 0.25) is 0 Å². The van der Waals surface area contributed by atoms with Gasteiger partial charge in [0.1, 0.15) is 0 Å². The number of aromatic nitrogens is 1. The maximum atomic E-state index is 4.99.